The summed E-state index contributed by atoms with van der Waals surface area (Å²) >= 11 is 25.6. The van der Waals surface area contributed by atoms with Gasteiger partial charge in [-0.2, -0.15) is 0 Å². The molecule has 11 heteroatoms. The number of carbonyl (C=O) groups excluding carboxylic acids is 2. The van der Waals surface area contributed by atoms with Crippen LogP contribution in [0.25, 0.3) is 0 Å². The van der Waals surface area contributed by atoms with E-state index in [9.17, 15) is 19.5 Å². The van der Waals surface area contributed by atoms with Gasteiger partial charge in [-0.1, -0.05) is 94.9 Å². The molecule has 1 unspecified atom stereocenters. The maximum absolute atomic E-state index is 13.4. The number of aromatic carboxylic acids is 1. The molecule has 6 nitrogen and oxygen atoms in total. The van der Waals surface area contributed by atoms with Crippen molar-refractivity contribution in [2.45, 2.75) is 17.1 Å². The number of halogens is 4. The molecule has 0 saturated heterocycles. The number of para-hydroxylation sites is 1. The van der Waals surface area contributed by atoms with Crippen molar-refractivity contribution in [1.82, 2.24) is 0 Å². The van der Waals surface area contributed by atoms with Gasteiger partial charge in [0.05, 0.1) is 31.2 Å². The minimum absolute atomic E-state index is 0.185. The Bertz CT molecular complexity index is 1600. The van der Waals surface area contributed by atoms with E-state index in [1.807, 2.05) is 61.5 Å². The second kappa shape index (κ2) is 13.0. The predicted octanol–water partition coefficient (Wildman–Crippen LogP) is 9.03. The van der Waals surface area contributed by atoms with Crippen LogP contribution in [0.1, 0.15) is 37.1 Å². The highest BCUT2D eigenvalue weighted by Gasteiger charge is 2.29. The van der Waals surface area contributed by atoms with E-state index in [0.29, 0.717) is 5.69 Å². The molecule has 4 aromatic carbocycles. The number of amides is 2. The molecule has 0 fully saturated rings. The fraction of sp³-hybridized carbons (Fsp3) is 0.0690. The van der Waals surface area contributed by atoms with Crippen LogP contribution in [0.15, 0.2) is 83.8 Å². The lowest BCUT2D eigenvalue weighted by Gasteiger charge is -2.18. The van der Waals surface area contributed by atoms with E-state index in [2.05, 4.69) is 10.6 Å². The summed E-state index contributed by atoms with van der Waals surface area (Å²) in [5, 5.41) is 13.5. The third-order valence-electron chi connectivity index (χ3n) is 5.82. The number of hydrogen-bond acceptors (Lipinski definition) is 4. The first kappa shape index (κ1) is 29.8. The number of carboxylic acid groups (broad SMARTS) is 1. The van der Waals surface area contributed by atoms with Gasteiger partial charge >= 0.3 is 5.97 Å². The van der Waals surface area contributed by atoms with Crippen molar-refractivity contribution >= 4 is 87.3 Å². The summed E-state index contributed by atoms with van der Waals surface area (Å²) in [7, 11) is 0. The molecule has 4 rings (SSSR count). The van der Waals surface area contributed by atoms with Gasteiger partial charge in [0.25, 0.3) is 5.91 Å². The zero-order valence-corrected chi connectivity index (χ0v) is 24.5. The second-order valence-corrected chi connectivity index (χ2v) is 11.2. The molecule has 0 radical (unpaired) electrons. The van der Waals surface area contributed by atoms with E-state index in [-0.39, 0.29) is 21.0 Å². The zero-order valence-electron chi connectivity index (χ0n) is 20.7. The van der Waals surface area contributed by atoms with Crippen molar-refractivity contribution in [3.63, 3.8) is 0 Å². The fourth-order valence-corrected chi connectivity index (χ4v) is 5.85. The summed E-state index contributed by atoms with van der Waals surface area (Å²) in [6.07, 6.45) is 0. The molecule has 2 amide bonds. The van der Waals surface area contributed by atoms with E-state index >= 15 is 0 Å². The van der Waals surface area contributed by atoms with Crippen molar-refractivity contribution in [2.24, 2.45) is 0 Å². The highest BCUT2D eigenvalue weighted by Crippen LogP contribution is 2.42. The topological polar surface area (TPSA) is 95.5 Å². The van der Waals surface area contributed by atoms with Crippen LogP contribution in [0.2, 0.25) is 20.1 Å². The third kappa shape index (κ3) is 6.57. The van der Waals surface area contributed by atoms with E-state index in [0.717, 1.165) is 21.7 Å². The van der Waals surface area contributed by atoms with E-state index in [4.69, 9.17) is 46.4 Å². The fourth-order valence-electron chi connectivity index (χ4n) is 3.80. The Labute approximate surface area is 254 Å². The lowest BCUT2D eigenvalue weighted by Crippen LogP contribution is -2.19. The number of carbonyl (C=O) groups is 3. The van der Waals surface area contributed by atoms with E-state index < -0.39 is 33.3 Å². The first-order chi connectivity index (χ1) is 19.1. The van der Waals surface area contributed by atoms with Crippen LogP contribution in [0.5, 0.6) is 0 Å². The molecule has 0 aliphatic rings. The summed E-state index contributed by atoms with van der Waals surface area (Å²) in [6.45, 7) is 1.92. The molecule has 0 spiro atoms. The molecule has 40 heavy (non-hydrogen) atoms. The zero-order chi connectivity index (χ0) is 29.0. The lowest BCUT2D eigenvalue weighted by molar-refractivity contribution is -0.115. The predicted molar refractivity (Wildman–Crippen MR) is 163 cm³/mol. The molecule has 0 heterocycles. The smallest absolute Gasteiger partial charge is 0.338 e. The van der Waals surface area contributed by atoms with E-state index in [1.165, 1.54) is 11.8 Å². The van der Waals surface area contributed by atoms with Crippen molar-refractivity contribution < 1.29 is 19.5 Å². The number of aryl methyl sites for hydroxylation is 1. The van der Waals surface area contributed by atoms with Crippen LogP contribution < -0.4 is 10.6 Å². The molecule has 0 aliphatic carbocycles. The van der Waals surface area contributed by atoms with Crippen LogP contribution in [0, 0.1) is 6.92 Å². The number of carboxylic acids is 1. The summed E-state index contributed by atoms with van der Waals surface area (Å²) in [5.41, 5.74) is 1.88. The largest absolute Gasteiger partial charge is 0.478 e. The van der Waals surface area contributed by atoms with Gasteiger partial charge in [0.15, 0.2) is 0 Å². The Hall–Kier alpha value is -3.20. The van der Waals surface area contributed by atoms with Crippen LogP contribution in [0.4, 0.5) is 11.4 Å². The molecule has 0 aliphatic heterocycles. The number of anilines is 2. The SMILES string of the molecule is Cc1ccccc1NC(=O)C(Sc1ccc(NC(=O)c2c(Cl)c(Cl)c(Cl)c(Cl)c2C(=O)O)cc1)c1ccccc1. The van der Waals surface area contributed by atoms with Crippen LogP contribution in [-0.4, -0.2) is 22.9 Å². The van der Waals surface area contributed by atoms with Gasteiger partial charge in [0, 0.05) is 16.3 Å². The third-order valence-corrected chi connectivity index (χ3v) is 8.89. The van der Waals surface area contributed by atoms with Crippen molar-refractivity contribution in [1.29, 1.82) is 0 Å². The van der Waals surface area contributed by atoms with Gasteiger partial charge in [-0.15, -0.1) is 11.8 Å². The average molecular weight is 634 g/mol. The minimum Gasteiger partial charge on any atom is -0.478 e. The maximum atomic E-state index is 13.4. The monoisotopic (exact) mass is 632 g/mol. The summed E-state index contributed by atoms with van der Waals surface area (Å²) < 4.78 is 0. The summed E-state index contributed by atoms with van der Waals surface area (Å²) in [4.78, 5) is 39.0. The molecule has 3 N–H and O–H groups in total. The van der Waals surface area contributed by atoms with Crippen LogP contribution in [-0.2, 0) is 4.79 Å². The molecule has 204 valence electrons. The number of benzene rings is 4. The number of nitrogens with one attached hydrogen (secondary N) is 2. The number of thioether (sulfide) groups is 1. The minimum atomic E-state index is -1.49. The first-order valence-corrected chi connectivity index (χ1v) is 14.1. The highest BCUT2D eigenvalue weighted by atomic mass is 35.5. The van der Waals surface area contributed by atoms with Gasteiger partial charge in [-0.3, -0.25) is 9.59 Å². The van der Waals surface area contributed by atoms with Crippen LogP contribution in [0.3, 0.4) is 0 Å². The molecular weight excluding hydrogens is 614 g/mol. The van der Waals surface area contributed by atoms with Gasteiger partial charge in [0.1, 0.15) is 5.25 Å². The number of hydrogen-bond donors (Lipinski definition) is 3. The van der Waals surface area contributed by atoms with Gasteiger partial charge in [-0.25, -0.2) is 4.79 Å². The Kier molecular flexibility index (Phi) is 9.66. The standard InChI is InChI=1S/C29H20Cl4N2O4S/c1-15-7-5-6-10-19(15)35-28(37)26(16-8-3-2-4-9-16)40-18-13-11-17(12-14-18)34-27(36)20-21(29(38)39)23(31)25(33)24(32)22(20)30/h2-14,26H,1H3,(H,34,36)(H,35,37)(H,38,39). The van der Waals surface area contributed by atoms with Crippen molar-refractivity contribution in [3.8, 4) is 0 Å². The Balaban J connectivity index is 1.56. The Morgan fingerprint density at radius 2 is 1.30 bits per heavy atom. The lowest BCUT2D eigenvalue weighted by atomic mass is 10.1. The average Bonchev–Trinajstić information content (AvgIpc) is 2.94. The molecule has 1 atom stereocenters. The molecule has 0 saturated carbocycles. The van der Waals surface area contributed by atoms with E-state index in [1.54, 1.807) is 24.3 Å². The normalized spacial score (nSPS) is 11.5. The van der Waals surface area contributed by atoms with Gasteiger partial charge in [-0.05, 0) is 48.4 Å². The molecule has 4 aromatic rings. The molecule has 0 aromatic heterocycles. The first-order valence-electron chi connectivity index (χ1n) is 11.7. The summed E-state index contributed by atoms with van der Waals surface area (Å²) in [5.74, 6) is -2.50. The van der Waals surface area contributed by atoms with Gasteiger partial charge in [0.2, 0.25) is 5.91 Å². The molecular formula is C29H20Cl4N2O4S. The molecule has 0 bridgehead atoms. The van der Waals surface area contributed by atoms with Crippen molar-refractivity contribution in [2.75, 3.05) is 10.6 Å². The Morgan fingerprint density at radius 1 is 0.725 bits per heavy atom. The summed E-state index contributed by atoms with van der Waals surface area (Å²) in [6, 6.07) is 23.6. The maximum Gasteiger partial charge on any atom is 0.338 e. The van der Waals surface area contributed by atoms with Gasteiger partial charge < -0.3 is 15.7 Å². The number of rotatable bonds is 8. The van der Waals surface area contributed by atoms with Crippen molar-refractivity contribution in [3.05, 3.63) is 121 Å². The second-order valence-electron chi connectivity index (χ2n) is 8.50. The Morgan fingerprint density at radius 3 is 1.90 bits per heavy atom. The highest BCUT2D eigenvalue weighted by molar-refractivity contribution is 8.00. The quantitative estimate of drug-likeness (QED) is 0.102. The van der Waals surface area contributed by atoms with Crippen LogP contribution >= 0.6 is 58.2 Å².